The van der Waals surface area contributed by atoms with Gasteiger partial charge in [-0.3, -0.25) is 0 Å². The maximum Gasteiger partial charge on any atom is 0.131 e. The maximum absolute atomic E-state index is 9.50. The summed E-state index contributed by atoms with van der Waals surface area (Å²) in [7, 11) is 4.32. The molecule has 1 atom stereocenters. The lowest BCUT2D eigenvalue weighted by molar-refractivity contribution is 0.138. The van der Waals surface area contributed by atoms with E-state index in [-0.39, 0.29) is 0 Å². The normalized spacial score (nSPS) is 20.1. The SMILES string of the molecule is CN1CCC(N(C)CCC(N)(C#N)c2ccccc2)CC1. The van der Waals surface area contributed by atoms with Crippen LogP contribution in [0, 0.1) is 11.3 Å². The summed E-state index contributed by atoms with van der Waals surface area (Å²) in [6.07, 6.45) is 3.06. The molecule has 1 aromatic carbocycles. The summed E-state index contributed by atoms with van der Waals surface area (Å²) in [4.78, 5) is 4.74. The van der Waals surface area contributed by atoms with Gasteiger partial charge in [0.05, 0.1) is 6.07 Å². The second kappa shape index (κ2) is 7.04. The summed E-state index contributed by atoms with van der Waals surface area (Å²) < 4.78 is 0. The summed E-state index contributed by atoms with van der Waals surface area (Å²) in [5, 5.41) is 9.50. The number of rotatable bonds is 5. The van der Waals surface area contributed by atoms with Crippen molar-refractivity contribution >= 4 is 0 Å². The van der Waals surface area contributed by atoms with E-state index in [1.165, 1.54) is 12.8 Å². The van der Waals surface area contributed by atoms with Crippen molar-refractivity contribution in [2.24, 2.45) is 5.73 Å². The molecule has 21 heavy (non-hydrogen) atoms. The second-order valence-electron chi connectivity index (χ2n) is 6.21. The van der Waals surface area contributed by atoms with Crippen molar-refractivity contribution in [1.82, 2.24) is 9.80 Å². The van der Waals surface area contributed by atoms with Crippen LogP contribution in [0.2, 0.25) is 0 Å². The first-order valence-corrected chi connectivity index (χ1v) is 7.69. The first-order chi connectivity index (χ1) is 10.0. The zero-order valence-corrected chi connectivity index (χ0v) is 13.1. The van der Waals surface area contributed by atoms with E-state index in [2.05, 4.69) is 30.0 Å². The van der Waals surface area contributed by atoms with Crippen LogP contribution in [0.15, 0.2) is 30.3 Å². The smallest absolute Gasteiger partial charge is 0.131 e. The number of benzene rings is 1. The number of piperidine rings is 1. The number of nitriles is 1. The third kappa shape index (κ3) is 4.04. The van der Waals surface area contributed by atoms with Gasteiger partial charge in [0.25, 0.3) is 0 Å². The molecule has 1 aliphatic rings. The molecule has 1 aromatic rings. The number of nitrogens with zero attached hydrogens (tertiary/aromatic N) is 3. The summed E-state index contributed by atoms with van der Waals surface area (Å²) in [6, 6.07) is 12.6. The first kappa shape index (κ1) is 16.0. The van der Waals surface area contributed by atoms with Crippen LogP contribution in [0.4, 0.5) is 0 Å². The van der Waals surface area contributed by atoms with Crippen LogP contribution in [0.1, 0.15) is 24.8 Å². The van der Waals surface area contributed by atoms with Crippen LogP contribution < -0.4 is 5.73 Å². The molecule has 0 saturated carbocycles. The lowest BCUT2D eigenvalue weighted by atomic mass is 9.88. The van der Waals surface area contributed by atoms with Gasteiger partial charge in [-0.15, -0.1) is 0 Å². The third-order valence-electron chi connectivity index (χ3n) is 4.66. The highest BCUT2D eigenvalue weighted by Crippen LogP contribution is 2.23. The fraction of sp³-hybridized carbons (Fsp3) is 0.588. The predicted octanol–water partition coefficient (Wildman–Crippen LogP) is 1.78. The Hall–Kier alpha value is -1.41. The Kier molecular flexibility index (Phi) is 5.35. The van der Waals surface area contributed by atoms with E-state index in [1.807, 2.05) is 30.3 Å². The van der Waals surface area contributed by atoms with Gasteiger partial charge in [-0.05, 0) is 52.0 Å². The van der Waals surface area contributed by atoms with Gasteiger partial charge in [0.15, 0.2) is 0 Å². The Morgan fingerprint density at radius 3 is 2.52 bits per heavy atom. The average Bonchev–Trinajstić information content (AvgIpc) is 2.54. The van der Waals surface area contributed by atoms with Gasteiger partial charge in [0.1, 0.15) is 5.54 Å². The molecule has 0 amide bonds. The monoisotopic (exact) mass is 286 g/mol. The number of hydrogen-bond acceptors (Lipinski definition) is 4. The standard InChI is InChI=1S/C17H26N4/c1-20-11-8-16(9-12-20)21(2)13-10-17(19,14-18)15-6-4-3-5-7-15/h3-7,16H,8-13,19H2,1-2H3. The summed E-state index contributed by atoms with van der Waals surface area (Å²) >= 11 is 0. The Morgan fingerprint density at radius 2 is 1.95 bits per heavy atom. The molecule has 2 rings (SSSR count). The molecule has 0 spiro atoms. The molecule has 1 unspecified atom stereocenters. The Balaban J connectivity index is 1.93. The van der Waals surface area contributed by atoms with Crippen molar-refractivity contribution in [2.75, 3.05) is 33.7 Å². The molecule has 1 heterocycles. The van der Waals surface area contributed by atoms with Crippen LogP contribution >= 0.6 is 0 Å². The van der Waals surface area contributed by atoms with Crippen molar-refractivity contribution in [3.05, 3.63) is 35.9 Å². The molecule has 0 aromatic heterocycles. The van der Waals surface area contributed by atoms with E-state index in [9.17, 15) is 5.26 Å². The molecule has 4 heteroatoms. The van der Waals surface area contributed by atoms with Crippen LogP contribution in [0.5, 0.6) is 0 Å². The van der Waals surface area contributed by atoms with E-state index in [4.69, 9.17) is 5.73 Å². The van der Waals surface area contributed by atoms with E-state index >= 15 is 0 Å². The zero-order chi connectivity index (χ0) is 15.3. The summed E-state index contributed by atoms with van der Waals surface area (Å²) in [5.41, 5.74) is 6.34. The molecule has 1 aliphatic heterocycles. The van der Waals surface area contributed by atoms with Crippen molar-refractivity contribution in [3.8, 4) is 6.07 Å². The van der Waals surface area contributed by atoms with Gasteiger partial charge in [-0.1, -0.05) is 30.3 Å². The maximum atomic E-state index is 9.50. The van der Waals surface area contributed by atoms with Crippen LogP contribution in [0.25, 0.3) is 0 Å². The van der Waals surface area contributed by atoms with Gasteiger partial charge in [0.2, 0.25) is 0 Å². The third-order valence-corrected chi connectivity index (χ3v) is 4.66. The van der Waals surface area contributed by atoms with E-state index in [0.29, 0.717) is 12.5 Å². The molecule has 0 bridgehead atoms. The highest BCUT2D eigenvalue weighted by Gasteiger charge is 2.29. The first-order valence-electron chi connectivity index (χ1n) is 7.69. The van der Waals surface area contributed by atoms with Crippen LogP contribution in [-0.2, 0) is 5.54 Å². The summed E-state index contributed by atoms with van der Waals surface area (Å²) in [6.45, 7) is 3.16. The molecule has 0 radical (unpaired) electrons. The predicted molar refractivity (Wildman–Crippen MR) is 85.7 cm³/mol. The molecule has 2 N–H and O–H groups in total. The van der Waals surface area contributed by atoms with Gasteiger partial charge in [-0.25, -0.2) is 0 Å². The van der Waals surface area contributed by atoms with Gasteiger partial charge in [0, 0.05) is 12.6 Å². The zero-order valence-electron chi connectivity index (χ0n) is 13.1. The Labute approximate surface area is 128 Å². The van der Waals surface area contributed by atoms with Gasteiger partial charge >= 0.3 is 0 Å². The van der Waals surface area contributed by atoms with Gasteiger partial charge < -0.3 is 15.5 Å². The van der Waals surface area contributed by atoms with Gasteiger partial charge in [-0.2, -0.15) is 5.26 Å². The highest BCUT2D eigenvalue weighted by atomic mass is 15.2. The fourth-order valence-corrected chi connectivity index (χ4v) is 2.97. The molecule has 4 nitrogen and oxygen atoms in total. The van der Waals surface area contributed by atoms with E-state index in [0.717, 1.165) is 25.2 Å². The molecular formula is C17H26N4. The number of hydrogen-bond donors (Lipinski definition) is 1. The van der Waals surface area contributed by atoms with E-state index < -0.39 is 5.54 Å². The van der Waals surface area contributed by atoms with Crippen molar-refractivity contribution < 1.29 is 0 Å². The number of nitrogens with two attached hydrogens (primary N) is 1. The molecule has 1 saturated heterocycles. The average molecular weight is 286 g/mol. The van der Waals surface area contributed by atoms with Crippen LogP contribution in [-0.4, -0.2) is 49.6 Å². The highest BCUT2D eigenvalue weighted by molar-refractivity contribution is 5.30. The number of likely N-dealkylation sites (tertiary alicyclic amines) is 1. The second-order valence-corrected chi connectivity index (χ2v) is 6.21. The molecular weight excluding hydrogens is 260 g/mol. The van der Waals surface area contributed by atoms with E-state index in [1.54, 1.807) is 0 Å². The molecule has 0 aliphatic carbocycles. The molecule has 1 fully saturated rings. The van der Waals surface area contributed by atoms with Crippen molar-refractivity contribution in [1.29, 1.82) is 5.26 Å². The topological polar surface area (TPSA) is 56.3 Å². The minimum absolute atomic E-state index is 0.611. The van der Waals surface area contributed by atoms with Crippen molar-refractivity contribution in [2.45, 2.75) is 30.8 Å². The van der Waals surface area contributed by atoms with Crippen molar-refractivity contribution in [3.63, 3.8) is 0 Å². The fourth-order valence-electron chi connectivity index (χ4n) is 2.97. The minimum atomic E-state index is -0.888. The lowest BCUT2D eigenvalue weighted by Gasteiger charge is -2.36. The molecule has 114 valence electrons. The Morgan fingerprint density at radius 1 is 1.33 bits per heavy atom. The quantitative estimate of drug-likeness (QED) is 0.896. The Bertz CT molecular complexity index is 473. The largest absolute Gasteiger partial charge is 0.310 e. The summed E-state index contributed by atoms with van der Waals surface area (Å²) in [5.74, 6) is 0. The van der Waals surface area contributed by atoms with Crippen LogP contribution in [0.3, 0.4) is 0 Å². The minimum Gasteiger partial charge on any atom is -0.310 e. The lowest BCUT2D eigenvalue weighted by Crippen LogP contribution is -2.45.